The van der Waals surface area contributed by atoms with Gasteiger partial charge in [0.25, 0.3) is 11.5 Å². The third-order valence-electron chi connectivity index (χ3n) is 4.16. The summed E-state index contributed by atoms with van der Waals surface area (Å²) in [5.74, 6) is -0.934. The Labute approximate surface area is 150 Å². The summed E-state index contributed by atoms with van der Waals surface area (Å²) in [6.07, 6.45) is 1.19. The average molecular weight is 359 g/mol. The predicted octanol–water partition coefficient (Wildman–Crippen LogP) is 0.575. The lowest BCUT2D eigenvalue weighted by Gasteiger charge is -2.35. The van der Waals surface area contributed by atoms with Crippen molar-refractivity contribution in [1.29, 1.82) is 0 Å². The first-order valence-corrected chi connectivity index (χ1v) is 8.47. The molecule has 1 aromatic heterocycles. The van der Waals surface area contributed by atoms with E-state index in [2.05, 4.69) is 4.98 Å². The number of hydrogen-bond donors (Lipinski definition) is 0. The fourth-order valence-electron chi connectivity index (χ4n) is 3.02. The summed E-state index contributed by atoms with van der Waals surface area (Å²) >= 11 is 0. The molecule has 1 aliphatic heterocycles. The second-order valence-electron chi connectivity index (χ2n) is 6.41. The van der Waals surface area contributed by atoms with Gasteiger partial charge >= 0.3 is 5.97 Å². The summed E-state index contributed by atoms with van der Waals surface area (Å²) in [5, 5.41) is 0.426. The molecule has 1 fully saturated rings. The lowest BCUT2D eigenvalue weighted by Crippen LogP contribution is -2.49. The molecular formula is C18H21N3O5. The van der Waals surface area contributed by atoms with Crippen molar-refractivity contribution in [1.82, 2.24) is 14.5 Å². The van der Waals surface area contributed by atoms with Crippen molar-refractivity contribution >= 4 is 22.8 Å². The van der Waals surface area contributed by atoms with E-state index in [-0.39, 0.29) is 36.8 Å². The van der Waals surface area contributed by atoms with Crippen molar-refractivity contribution in [2.75, 3.05) is 19.7 Å². The quantitative estimate of drug-likeness (QED) is 0.742. The molecule has 8 nitrogen and oxygen atoms in total. The molecule has 26 heavy (non-hydrogen) atoms. The summed E-state index contributed by atoms with van der Waals surface area (Å²) < 4.78 is 11.8. The molecule has 0 radical (unpaired) electrons. The van der Waals surface area contributed by atoms with E-state index < -0.39 is 5.97 Å². The Kier molecular flexibility index (Phi) is 5.32. The second kappa shape index (κ2) is 7.65. The summed E-state index contributed by atoms with van der Waals surface area (Å²) in [6, 6.07) is 6.89. The molecule has 0 bridgehead atoms. The van der Waals surface area contributed by atoms with Crippen molar-refractivity contribution < 1.29 is 19.1 Å². The van der Waals surface area contributed by atoms with E-state index in [4.69, 9.17) is 9.47 Å². The lowest BCUT2D eigenvalue weighted by atomic mass is 10.2. The van der Waals surface area contributed by atoms with E-state index in [0.717, 1.165) is 0 Å². The maximum Gasteiger partial charge on any atom is 0.326 e. The van der Waals surface area contributed by atoms with Crippen LogP contribution in [0.4, 0.5) is 0 Å². The van der Waals surface area contributed by atoms with Gasteiger partial charge in [-0.05, 0) is 26.0 Å². The molecule has 2 atom stereocenters. The fourth-order valence-corrected chi connectivity index (χ4v) is 3.02. The number of ether oxygens (including phenoxy) is 2. The van der Waals surface area contributed by atoms with Crippen LogP contribution in [0.15, 0.2) is 35.4 Å². The highest BCUT2D eigenvalue weighted by Gasteiger charge is 2.26. The SMILES string of the molecule is C[C@@H]1CN(C(=O)COC(=O)Cn2cnc3ccccc3c2=O)C[C@H](C)O1. The summed E-state index contributed by atoms with van der Waals surface area (Å²) in [5.41, 5.74) is 0.238. The number of benzene rings is 1. The van der Waals surface area contributed by atoms with Crippen LogP contribution in [0.5, 0.6) is 0 Å². The predicted molar refractivity (Wildman–Crippen MR) is 93.6 cm³/mol. The molecule has 0 aliphatic carbocycles. The van der Waals surface area contributed by atoms with Gasteiger partial charge in [-0.15, -0.1) is 0 Å². The minimum Gasteiger partial charge on any atom is -0.454 e. The topological polar surface area (TPSA) is 90.7 Å². The van der Waals surface area contributed by atoms with Crippen molar-refractivity contribution in [3.63, 3.8) is 0 Å². The number of morpholine rings is 1. The molecule has 1 aromatic carbocycles. The first kappa shape index (κ1) is 18.1. The molecule has 3 rings (SSSR count). The molecule has 2 heterocycles. The molecule has 0 unspecified atom stereocenters. The van der Waals surface area contributed by atoms with Crippen molar-refractivity contribution in [3.05, 3.63) is 40.9 Å². The standard InChI is InChI=1S/C18H21N3O5/c1-12-7-20(8-13(2)26-12)16(22)10-25-17(23)9-21-11-19-15-6-4-3-5-14(15)18(21)24/h3-6,11-13H,7-10H2,1-2H3/t12-,13+. The van der Waals surface area contributed by atoms with Crippen LogP contribution in [0.2, 0.25) is 0 Å². The molecular weight excluding hydrogens is 338 g/mol. The number of fused-ring (bicyclic) bond motifs is 1. The molecule has 0 N–H and O–H groups in total. The second-order valence-corrected chi connectivity index (χ2v) is 6.41. The monoisotopic (exact) mass is 359 g/mol. The zero-order valence-electron chi connectivity index (χ0n) is 14.8. The van der Waals surface area contributed by atoms with Gasteiger partial charge in [-0.1, -0.05) is 12.1 Å². The Morgan fingerprint density at radius 1 is 1.23 bits per heavy atom. The summed E-state index contributed by atoms with van der Waals surface area (Å²) in [7, 11) is 0. The Balaban J connectivity index is 1.58. The van der Waals surface area contributed by atoms with E-state index in [1.807, 2.05) is 13.8 Å². The minimum atomic E-state index is -0.660. The smallest absolute Gasteiger partial charge is 0.326 e. The zero-order valence-corrected chi connectivity index (χ0v) is 14.8. The van der Waals surface area contributed by atoms with Crippen molar-refractivity contribution in [3.8, 4) is 0 Å². The number of esters is 1. The van der Waals surface area contributed by atoms with Gasteiger partial charge < -0.3 is 14.4 Å². The van der Waals surface area contributed by atoms with E-state index >= 15 is 0 Å². The van der Waals surface area contributed by atoms with Gasteiger partial charge in [0.2, 0.25) is 0 Å². The molecule has 8 heteroatoms. The van der Waals surface area contributed by atoms with Crippen LogP contribution >= 0.6 is 0 Å². The van der Waals surface area contributed by atoms with Crippen LogP contribution in [0.3, 0.4) is 0 Å². The van der Waals surface area contributed by atoms with Crippen molar-refractivity contribution in [2.24, 2.45) is 0 Å². The molecule has 0 saturated carbocycles. The molecule has 1 saturated heterocycles. The summed E-state index contributed by atoms with van der Waals surface area (Å²) in [4.78, 5) is 42.3. The first-order chi connectivity index (χ1) is 12.4. The van der Waals surface area contributed by atoms with E-state index in [0.29, 0.717) is 24.0 Å². The molecule has 1 amide bonds. The van der Waals surface area contributed by atoms with Gasteiger partial charge in [-0.3, -0.25) is 19.0 Å². The Hall–Kier alpha value is -2.74. The lowest BCUT2D eigenvalue weighted by molar-refractivity contribution is -0.157. The molecule has 138 valence electrons. The third kappa shape index (κ3) is 4.08. The zero-order chi connectivity index (χ0) is 18.7. The van der Waals surface area contributed by atoms with Gasteiger partial charge in [0, 0.05) is 13.1 Å². The van der Waals surface area contributed by atoms with E-state index in [1.54, 1.807) is 29.2 Å². The number of aromatic nitrogens is 2. The molecule has 1 aliphatic rings. The van der Waals surface area contributed by atoms with E-state index in [9.17, 15) is 14.4 Å². The number of carbonyl (C=O) groups is 2. The highest BCUT2D eigenvalue weighted by atomic mass is 16.5. The number of amides is 1. The normalized spacial score (nSPS) is 20.2. The van der Waals surface area contributed by atoms with Gasteiger partial charge in [-0.2, -0.15) is 0 Å². The summed E-state index contributed by atoms with van der Waals surface area (Å²) in [6.45, 7) is 4.07. The Morgan fingerprint density at radius 2 is 1.92 bits per heavy atom. The number of hydrogen-bond acceptors (Lipinski definition) is 6. The number of rotatable bonds is 4. The van der Waals surface area contributed by atoms with Crippen LogP contribution in [0, 0.1) is 0 Å². The van der Waals surface area contributed by atoms with Gasteiger partial charge in [-0.25, -0.2) is 4.98 Å². The van der Waals surface area contributed by atoms with Crippen LogP contribution in [0.1, 0.15) is 13.8 Å². The number of nitrogens with zero attached hydrogens (tertiary/aromatic N) is 3. The highest BCUT2D eigenvalue weighted by Crippen LogP contribution is 2.11. The van der Waals surface area contributed by atoms with Crippen molar-refractivity contribution in [2.45, 2.75) is 32.6 Å². The largest absolute Gasteiger partial charge is 0.454 e. The van der Waals surface area contributed by atoms with Gasteiger partial charge in [0.1, 0.15) is 6.54 Å². The third-order valence-corrected chi connectivity index (χ3v) is 4.16. The maximum absolute atomic E-state index is 12.3. The average Bonchev–Trinajstić information content (AvgIpc) is 2.61. The first-order valence-electron chi connectivity index (χ1n) is 8.47. The Bertz CT molecular complexity index is 869. The van der Waals surface area contributed by atoms with Crippen LogP contribution < -0.4 is 5.56 Å². The van der Waals surface area contributed by atoms with Gasteiger partial charge in [0.05, 0.1) is 29.4 Å². The van der Waals surface area contributed by atoms with Gasteiger partial charge in [0.15, 0.2) is 6.61 Å². The van der Waals surface area contributed by atoms with Crippen LogP contribution in [0.25, 0.3) is 10.9 Å². The highest BCUT2D eigenvalue weighted by molar-refractivity contribution is 5.81. The molecule has 0 spiro atoms. The maximum atomic E-state index is 12.3. The van der Waals surface area contributed by atoms with E-state index in [1.165, 1.54) is 10.9 Å². The number of carbonyl (C=O) groups excluding carboxylic acids is 2. The Morgan fingerprint density at radius 3 is 2.65 bits per heavy atom. The molecule has 2 aromatic rings. The minimum absolute atomic E-state index is 0.0550. The van der Waals surface area contributed by atoms with Crippen LogP contribution in [-0.4, -0.2) is 58.2 Å². The fraction of sp³-hybridized carbons (Fsp3) is 0.444. The van der Waals surface area contributed by atoms with Crippen LogP contribution in [-0.2, 0) is 25.6 Å². The number of para-hydroxylation sites is 1.